The van der Waals surface area contributed by atoms with Gasteiger partial charge in [0.2, 0.25) is 0 Å². The maximum atomic E-state index is 5.98. The van der Waals surface area contributed by atoms with Crippen LogP contribution in [0.4, 0.5) is 0 Å². The van der Waals surface area contributed by atoms with Crippen molar-refractivity contribution < 1.29 is 4.74 Å². The number of allylic oxidation sites excluding steroid dienone is 1. The molecule has 1 nitrogen and oxygen atoms in total. The Balaban J connectivity index is 1.94. The maximum Gasteiger partial charge on any atom is 0.0717 e. The van der Waals surface area contributed by atoms with E-state index in [2.05, 4.69) is 57.2 Å². The first-order valence-electron chi connectivity index (χ1n) is 6.83. The van der Waals surface area contributed by atoms with Gasteiger partial charge in [0.15, 0.2) is 0 Å². The van der Waals surface area contributed by atoms with Crippen molar-refractivity contribution in [3.8, 4) is 0 Å². The zero-order valence-electron chi connectivity index (χ0n) is 11.8. The molecule has 0 N–H and O–H groups in total. The molecule has 18 heavy (non-hydrogen) atoms. The van der Waals surface area contributed by atoms with Crippen LogP contribution in [0.15, 0.2) is 42.5 Å². The molecule has 1 heteroatoms. The number of hydrogen-bond acceptors (Lipinski definition) is 1. The summed E-state index contributed by atoms with van der Waals surface area (Å²) in [5, 5.41) is 0. The lowest BCUT2D eigenvalue weighted by Gasteiger charge is -2.40. The largest absolute Gasteiger partial charge is 0.376 e. The van der Waals surface area contributed by atoms with E-state index in [1.54, 1.807) is 0 Å². The molecule has 0 saturated heterocycles. The Hall–Kier alpha value is -1.08. The SMILES string of the molecule is CC(C)(C)C1(COCc2ccccc2)C=CCC1. The summed E-state index contributed by atoms with van der Waals surface area (Å²) in [5.41, 5.74) is 1.72. The quantitative estimate of drug-likeness (QED) is 0.704. The molecule has 1 atom stereocenters. The zero-order chi connectivity index (χ0) is 13.1. The van der Waals surface area contributed by atoms with Gasteiger partial charge in [0.1, 0.15) is 0 Å². The number of benzene rings is 1. The molecule has 1 aromatic rings. The van der Waals surface area contributed by atoms with E-state index in [4.69, 9.17) is 4.74 Å². The molecular weight excluding hydrogens is 220 g/mol. The third kappa shape index (κ3) is 2.84. The van der Waals surface area contributed by atoms with Crippen LogP contribution in [-0.4, -0.2) is 6.61 Å². The van der Waals surface area contributed by atoms with E-state index in [-0.39, 0.29) is 10.8 Å². The van der Waals surface area contributed by atoms with Gasteiger partial charge in [-0.05, 0) is 23.8 Å². The van der Waals surface area contributed by atoms with Crippen LogP contribution in [0.1, 0.15) is 39.2 Å². The Labute approximate surface area is 111 Å². The van der Waals surface area contributed by atoms with Gasteiger partial charge in [-0.2, -0.15) is 0 Å². The second-order valence-electron chi connectivity index (χ2n) is 6.33. The molecule has 1 aliphatic carbocycles. The van der Waals surface area contributed by atoms with Gasteiger partial charge in [0.25, 0.3) is 0 Å². The molecule has 0 spiro atoms. The van der Waals surface area contributed by atoms with Crippen molar-refractivity contribution in [3.05, 3.63) is 48.0 Å². The molecule has 0 amide bonds. The average Bonchev–Trinajstić information content (AvgIpc) is 2.80. The van der Waals surface area contributed by atoms with E-state index in [9.17, 15) is 0 Å². The molecular formula is C17H24O. The number of rotatable bonds is 4. The van der Waals surface area contributed by atoms with E-state index >= 15 is 0 Å². The van der Waals surface area contributed by atoms with Crippen molar-refractivity contribution in [1.29, 1.82) is 0 Å². The topological polar surface area (TPSA) is 9.23 Å². The second kappa shape index (κ2) is 5.27. The fourth-order valence-electron chi connectivity index (χ4n) is 2.62. The van der Waals surface area contributed by atoms with Gasteiger partial charge < -0.3 is 4.74 Å². The summed E-state index contributed by atoms with van der Waals surface area (Å²) in [6.45, 7) is 8.48. The van der Waals surface area contributed by atoms with Crippen LogP contribution < -0.4 is 0 Å². The lowest BCUT2D eigenvalue weighted by molar-refractivity contribution is -0.000497. The summed E-state index contributed by atoms with van der Waals surface area (Å²) < 4.78 is 5.98. The summed E-state index contributed by atoms with van der Waals surface area (Å²) in [7, 11) is 0. The molecule has 0 aliphatic heterocycles. The summed E-state index contributed by atoms with van der Waals surface area (Å²) in [6, 6.07) is 10.4. The van der Waals surface area contributed by atoms with Gasteiger partial charge in [-0.25, -0.2) is 0 Å². The van der Waals surface area contributed by atoms with Crippen molar-refractivity contribution in [2.75, 3.05) is 6.61 Å². The van der Waals surface area contributed by atoms with Crippen LogP contribution in [0, 0.1) is 10.8 Å². The van der Waals surface area contributed by atoms with Crippen molar-refractivity contribution in [3.63, 3.8) is 0 Å². The van der Waals surface area contributed by atoms with Crippen molar-refractivity contribution in [2.45, 2.75) is 40.2 Å². The van der Waals surface area contributed by atoms with Gasteiger partial charge in [0.05, 0.1) is 13.2 Å². The monoisotopic (exact) mass is 244 g/mol. The smallest absolute Gasteiger partial charge is 0.0717 e. The summed E-state index contributed by atoms with van der Waals surface area (Å²) >= 11 is 0. The molecule has 0 aromatic heterocycles. The van der Waals surface area contributed by atoms with Crippen molar-refractivity contribution in [1.82, 2.24) is 0 Å². The number of hydrogen-bond donors (Lipinski definition) is 0. The first-order valence-corrected chi connectivity index (χ1v) is 6.83. The van der Waals surface area contributed by atoms with Gasteiger partial charge in [-0.3, -0.25) is 0 Å². The Bertz CT molecular complexity index is 399. The predicted octanol–water partition coefficient (Wildman–Crippen LogP) is 4.59. The van der Waals surface area contributed by atoms with E-state index in [0.29, 0.717) is 6.61 Å². The highest BCUT2D eigenvalue weighted by Crippen LogP contribution is 2.47. The maximum absolute atomic E-state index is 5.98. The van der Waals surface area contributed by atoms with Crippen molar-refractivity contribution >= 4 is 0 Å². The highest BCUT2D eigenvalue weighted by molar-refractivity contribution is 5.14. The fraction of sp³-hybridized carbons (Fsp3) is 0.529. The molecule has 0 saturated carbocycles. The fourth-order valence-corrected chi connectivity index (χ4v) is 2.62. The Morgan fingerprint density at radius 2 is 1.89 bits per heavy atom. The van der Waals surface area contributed by atoms with Crippen LogP contribution in [0.25, 0.3) is 0 Å². The van der Waals surface area contributed by atoms with Gasteiger partial charge in [-0.15, -0.1) is 0 Å². The Morgan fingerprint density at radius 3 is 2.44 bits per heavy atom. The standard InChI is InChI=1S/C17H24O/c1-16(2,3)17(11-7-8-12-17)14-18-13-15-9-5-4-6-10-15/h4-7,9-11H,8,12-14H2,1-3H3. The lowest BCUT2D eigenvalue weighted by atomic mass is 9.67. The molecule has 1 unspecified atom stereocenters. The third-order valence-electron chi connectivity index (χ3n) is 4.16. The number of ether oxygens (including phenoxy) is 1. The van der Waals surface area contributed by atoms with Crippen LogP contribution in [0.2, 0.25) is 0 Å². The van der Waals surface area contributed by atoms with Gasteiger partial charge >= 0.3 is 0 Å². The Morgan fingerprint density at radius 1 is 1.17 bits per heavy atom. The molecule has 0 fully saturated rings. The molecule has 2 rings (SSSR count). The Kier molecular flexibility index (Phi) is 3.91. The summed E-state index contributed by atoms with van der Waals surface area (Å²) in [4.78, 5) is 0. The normalized spacial score (nSPS) is 23.5. The predicted molar refractivity (Wildman–Crippen MR) is 76.4 cm³/mol. The molecule has 0 radical (unpaired) electrons. The molecule has 0 bridgehead atoms. The summed E-state index contributed by atoms with van der Waals surface area (Å²) in [5.74, 6) is 0. The van der Waals surface area contributed by atoms with Crippen molar-refractivity contribution in [2.24, 2.45) is 10.8 Å². The third-order valence-corrected chi connectivity index (χ3v) is 4.16. The minimum absolute atomic E-state index is 0.210. The average molecular weight is 244 g/mol. The van der Waals surface area contributed by atoms with Crippen LogP contribution in [0.3, 0.4) is 0 Å². The first kappa shape index (κ1) is 13.4. The first-order chi connectivity index (χ1) is 8.54. The van der Waals surface area contributed by atoms with E-state index in [1.165, 1.54) is 18.4 Å². The summed E-state index contributed by atoms with van der Waals surface area (Å²) in [6.07, 6.45) is 7.08. The second-order valence-corrected chi connectivity index (χ2v) is 6.33. The minimum atomic E-state index is 0.210. The molecule has 1 aliphatic rings. The van der Waals surface area contributed by atoms with Crippen LogP contribution in [-0.2, 0) is 11.3 Å². The minimum Gasteiger partial charge on any atom is -0.376 e. The lowest BCUT2D eigenvalue weighted by Crippen LogP contribution is -2.36. The van der Waals surface area contributed by atoms with Crippen LogP contribution in [0.5, 0.6) is 0 Å². The van der Waals surface area contributed by atoms with E-state index in [1.807, 2.05) is 6.07 Å². The highest BCUT2D eigenvalue weighted by Gasteiger charge is 2.41. The molecule has 0 heterocycles. The van der Waals surface area contributed by atoms with Crippen LogP contribution >= 0.6 is 0 Å². The van der Waals surface area contributed by atoms with Gasteiger partial charge in [-0.1, -0.05) is 63.3 Å². The molecule has 98 valence electrons. The van der Waals surface area contributed by atoms with E-state index in [0.717, 1.165) is 6.61 Å². The van der Waals surface area contributed by atoms with Gasteiger partial charge in [0, 0.05) is 5.41 Å². The zero-order valence-corrected chi connectivity index (χ0v) is 11.8. The van der Waals surface area contributed by atoms with E-state index < -0.39 is 0 Å². The molecule has 1 aromatic carbocycles. The highest BCUT2D eigenvalue weighted by atomic mass is 16.5.